The monoisotopic (exact) mass is 499 g/mol. The third-order valence-electron chi connectivity index (χ3n) is 6.66. The van der Waals surface area contributed by atoms with Crippen LogP contribution in [-0.4, -0.2) is 34.9 Å². The van der Waals surface area contributed by atoms with Crippen LogP contribution in [-0.2, 0) is 22.4 Å². The summed E-state index contributed by atoms with van der Waals surface area (Å²) in [6.45, 7) is 14.5. The van der Waals surface area contributed by atoms with Crippen molar-refractivity contribution in [1.29, 1.82) is 0 Å². The summed E-state index contributed by atoms with van der Waals surface area (Å²) in [6, 6.07) is 12.8. The molecule has 0 saturated heterocycles. The number of fused-ring (bicyclic) bond motifs is 1. The first kappa shape index (κ1) is 26.6. The predicted octanol–water partition coefficient (Wildman–Crippen LogP) is 6.80. The summed E-state index contributed by atoms with van der Waals surface area (Å²) in [5.74, 6) is 0.674. The summed E-state index contributed by atoms with van der Waals surface area (Å²) in [7, 11) is 0. The van der Waals surface area contributed by atoms with E-state index in [1.54, 1.807) is 20.8 Å². The van der Waals surface area contributed by atoms with Gasteiger partial charge in [0.2, 0.25) is 0 Å². The van der Waals surface area contributed by atoms with E-state index in [2.05, 4.69) is 51.1 Å². The molecule has 0 radical (unpaired) electrons. The molecule has 3 aromatic carbocycles. The second kappa shape index (κ2) is 10.5. The van der Waals surface area contributed by atoms with E-state index >= 15 is 0 Å². The fourth-order valence-electron chi connectivity index (χ4n) is 4.90. The zero-order chi connectivity index (χ0) is 26.9. The lowest BCUT2D eigenvalue weighted by atomic mass is 9.85. The van der Waals surface area contributed by atoms with E-state index in [9.17, 15) is 4.79 Å². The highest BCUT2D eigenvalue weighted by molar-refractivity contribution is 6.09. The molecule has 2 heterocycles. The van der Waals surface area contributed by atoms with E-state index in [4.69, 9.17) is 19.6 Å². The standard InChI is InChI=1S/C28H27NO3.C4H10O/c1-5-31-25(30)15-22-17(3)14-23-18(4)16(2)6-7-20(23)27(22)21-8-9-24-26-19(11-13-32-24)10-12-29-28(21)26;1-4(2,3)5/h6-10,12,14H,5,11,13,15H2,1-4H3;5H,1-3H3. The zero-order valence-corrected chi connectivity index (χ0v) is 23.0. The number of esters is 1. The minimum Gasteiger partial charge on any atom is -0.493 e. The van der Waals surface area contributed by atoms with Gasteiger partial charge < -0.3 is 14.6 Å². The second-order valence-electron chi connectivity index (χ2n) is 10.7. The summed E-state index contributed by atoms with van der Waals surface area (Å²) in [5, 5.41) is 11.9. The van der Waals surface area contributed by atoms with Crippen molar-refractivity contribution in [1.82, 2.24) is 4.98 Å². The third kappa shape index (κ3) is 5.62. The molecule has 37 heavy (non-hydrogen) atoms. The van der Waals surface area contributed by atoms with E-state index in [0.29, 0.717) is 13.2 Å². The van der Waals surface area contributed by atoms with Gasteiger partial charge in [-0.3, -0.25) is 9.78 Å². The molecule has 1 aliphatic heterocycles. The van der Waals surface area contributed by atoms with Crippen LogP contribution in [0.15, 0.2) is 42.6 Å². The van der Waals surface area contributed by atoms with E-state index in [0.717, 1.165) is 50.7 Å². The first-order valence-electron chi connectivity index (χ1n) is 12.9. The van der Waals surface area contributed by atoms with E-state index in [1.807, 2.05) is 19.2 Å². The molecule has 4 aromatic rings. The minimum absolute atomic E-state index is 0.209. The van der Waals surface area contributed by atoms with E-state index in [1.165, 1.54) is 22.1 Å². The number of aromatic nitrogens is 1. The Hall–Kier alpha value is -3.44. The van der Waals surface area contributed by atoms with Gasteiger partial charge in [0, 0.05) is 23.6 Å². The van der Waals surface area contributed by atoms with Crippen molar-refractivity contribution in [3.63, 3.8) is 0 Å². The summed E-state index contributed by atoms with van der Waals surface area (Å²) in [5.41, 5.74) is 8.39. The van der Waals surface area contributed by atoms with Crippen LogP contribution in [0.2, 0.25) is 0 Å². The second-order valence-corrected chi connectivity index (χ2v) is 10.7. The van der Waals surface area contributed by atoms with Gasteiger partial charge in [-0.2, -0.15) is 0 Å². The van der Waals surface area contributed by atoms with Crippen LogP contribution in [0.25, 0.3) is 32.8 Å². The molecule has 0 fully saturated rings. The molecule has 0 bridgehead atoms. The number of aliphatic hydroxyl groups is 1. The maximum atomic E-state index is 12.6. The molecule has 5 heteroatoms. The van der Waals surface area contributed by atoms with Crippen LogP contribution in [0, 0.1) is 20.8 Å². The number of pyridine rings is 1. The minimum atomic E-state index is -0.500. The molecule has 5 nitrogen and oxygen atoms in total. The molecule has 1 aliphatic rings. The Morgan fingerprint density at radius 3 is 2.49 bits per heavy atom. The molecular weight excluding hydrogens is 462 g/mol. The van der Waals surface area contributed by atoms with Crippen molar-refractivity contribution < 1.29 is 19.4 Å². The van der Waals surface area contributed by atoms with Gasteiger partial charge in [-0.05, 0) is 111 Å². The molecular formula is C32H37NO4. The van der Waals surface area contributed by atoms with Gasteiger partial charge in [0.1, 0.15) is 5.75 Å². The highest BCUT2D eigenvalue weighted by atomic mass is 16.5. The van der Waals surface area contributed by atoms with Crippen molar-refractivity contribution in [2.45, 2.75) is 66.9 Å². The zero-order valence-electron chi connectivity index (χ0n) is 23.0. The van der Waals surface area contributed by atoms with Crippen LogP contribution >= 0.6 is 0 Å². The summed E-state index contributed by atoms with van der Waals surface area (Å²) in [4.78, 5) is 17.4. The van der Waals surface area contributed by atoms with E-state index in [-0.39, 0.29) is 12.4 Å². The van der Waals surface area contributed by atoms with Crippen LogP contribution < -0.4 is 4.74 Å². The lowest BCUT2D eigenvalue weighted by Gasteiger charge is -2.22. The van der Waals surface area contributed by atoms with Gasteiger partial charge in [-0.15, -0.1) is 0 Å². The Bertz CT molecular complexity index is 1460. The number of nitrogens with zero attached hydrogens (tertiary/aromatic N) is 1. The molecule has 0 spiro atoms. The maximum absolute atomic E-state index is 12.6. The van der Waals surface area contributed by atoms with Crippen molar-refractivity contribution in [2.24, 2.45) is 0 Å². The molecule has 0 atom stereocenters. The molecule has 194 valence electrons. The van der Waals surface area contributed by atoms with Gasteiger partial charge in [0.25, 0.3) is 0 Å². The molecule has 0 saturated carbocycles. The van der Waals surface area contributed by atoms with Crippen molar-refractivity contribution in [3.05, 3.63) is 70.4 Å². The van der Waals surface area contributed by atoms with Crippen molar-refractivity contribution in [2.75, 3.05) is 13.2 Å². The number of carbonyl (C=O) groups is 1. The van der Waals surface area contributed by atoms with E-state index < -0.39 is 5.60 Å². The Kier molecular flexibility index (Phi) is 7.56. The topological polar surface area (TPSA) is 68.7 Å². The first-order valence-corrected chi connectivity index (χ1v) is 12.9. The Labute approximate surface area is 219 Å². The molecule has 1 N–H and O–H groups in total. The molecule has 1 aromatic heterocycles. The average Bonchev–Trinajstić information content (AvgIpc) is 2.83. The average molecular weight is 500 g/mol. The summed E-state index contributed by atoms with van der Waals surface area (Å²) < 4.78 is 11.3. The Balaban J connectivity index is 0.000000586. The number of hydrogen-bond donors (Lipinski definition) is 1. The van der Waals surface area contributed by atoms with Crippen LogP contribution in [0.5, 0.6) is 5.75 Å². The van der Waals surface area contributed by atoms with Crippen LogP contribution in [0.3, 0.4) is 0 Å². The molecule has 0 unspecified atom stereocenters. The predicted molar refractivity (Wildman–Crippen MR) is 150 cm³/mol. The largest absolute Gasteiger partial charge is 0.493 e. The smallest absolute Gasteiger partial charge is 0.310 e. The van der Waals surface area contributed by atoms with Gasteiger partial charge >= 0.3 is 5.97 Å². The Morgan fingerprint density at radius 1 is 1.05 bits per heavy atom. The Morgan fingerprint density at radius 2 is 1.78 bits per heavy atom. The molecule has 0 aliphatic carbocycles. The van der Waals surface area contributed by atoms with Gasteiger partial charge in [-0.25, -0.2) is 0 Å². The van der Waals surface area contributed by atoms with Gasteiger partial charge in [0.15, 0.2) is 0 Å². The number of hydrogen-bond acceptors (Lipinski definition) is 5. The fraction of sp³-hybridized carbons (Fsp3) is 0.375. The fourth-order valence-corrected chi connectivity index (χ4v) is 4.90. The number of benzene rings is 3. The third-order valence-corrected chi connectivity index (χ3v) is 6.66. The highest BCUT2D eigenvalue weighted by Crippen LogP contribution is 2.43. The highest BCUT2D eigenvalue weighted by Gasteiger charge is 2.23. The summed E-state index contributed by atoms with van der Waals surface area (Å²) in [6.07, 6.45) is 2.99. The van der Waals surface area contributed by atoms with Crippen LogP contribution in [0.4, 0.5) is 0 Å². The lowest BCUT2D eigenvalue weighted by molar-refractivity contribution is -0.142. The van der Waals surface area contributed by atoms with Crippen molar-refractivity contribution in [3.8, 4) is 16.9 Å². The van der Waals surface area contributed by atoms with Crippen LogP contribution in [0.1, 0.15) is 55.5 Å². The lowest BCUT2D eigenvalue weighted by Crippen LogP contribution is -2.11. The molecule has 0 amide bonds. The number of carbonyl (C=O) groups excluding carboxylic acids is 1. The maximum Gasteiger partial charge on any atom is 0.310 e. The quantitative estimate of drug-likeness (QED) is 0.313. The van der Waals surface area contributed by atoms with Gasteiger partial charge in [-0.1, -0.05) is 18.2 Å². The van der Waals surface area contributed by atoms with Crippen molar-refractivity contribution >= 4 is 27.6 Å². The number of ether oxygens (including phenoxy) is 2. The number of aryl methyl sites for hydroxylation is 3. The van der Waals surface area contributed by atoms with Gasteiger partial charge in [0.05, 0.1) is 30.8 Å². The SMILES string of the molecule is CC(C)(C)O.CCOC(=O)Cc1c(C)cc2c(C)c(C)ccc2c1-c1ccc2c3c(ccnc13)CCO2. The summed E-state index contributed by atoms with van der Waals surface area (Å²) >= 11 is 0. The normalized spacial score (nSPS) is 12.6. The molecule has 5 rings (SSSR count). The first-order chi connectivity index (χ1) is 17.5. The number of rotatable bonds is 4.